The largest absolute Gasteiger partial charge is 0.495 e. The summed E-state index contributed by atoms with van der Waals surface area (Å²) in [4.78, 5) is 0.132. The zero-order chi connectivity index (χ0) is 18.7. The molecule has 0 spiro atoms. The van der Waals surface area contributed by atoms with Crippen molar-refractivity contribution in [3.8, 4) is 5.75 Å². The van der Waals surface area contributed by atoms with E-state index >= 15 is 0 Å². The van der Waals surface area contributed by atoms with Gasteiger partial charge in [-0.3, -0.25) is 0 Å². The molecule has 0 bridgehead atoms. The lowest BCUT2D eigenvalue weighted by atomic mass is 10.0. The van der Waals surface area contributed by atoms with E-state index in [-0.39, 0.29) is 23.9 Å². The highest BCUT2D eigenvalue weighted by molar-refractivity contribution is 7.92. The molecular weight excluding hydrogens is 364 g/mol. The number of nitrogens with zero attached hydrogens (tertiary/aromatic N) is 1. The number of nitrogens with one attached hydrogen (secondary N) is 1. The van der Waals surface area contributed by atoms with Gasteiger partial charge in [0.25, 0.3) is 0 Å². The molecule has 1 atom stereocenters. The molecule has 2 rings (SSSR count). The first kappa shape index (κ1) is 19.9. The molecule has 0 amide bonds. The molecule has 25 heavy (non-hydrogen) atoms. The third-order valence-electron chi connectivity index (χ3n) is 4.21. The van der Waals surface area contributed by atoms with Crippen LogP contribution in [0.5, 0.6) is 5.75 Å². The smallest absolute Gasteiger partial charge is 0.246 e. The Morgan fingerprint density at radius 2 is 2.08 bits per heavy atom. The fourth-order valence-corrected chi connectivity index (χ4v) is 5.11. The predicted octanol–water partition coefficient (Wildman–Crippen LogP) is 1.47. The van der Waals surface area contributed by atoms with Crippen LogP contribution in [0.2, 0.25) is 0 Å². The number of sulfonamides is 2. The summed E-state index contributed by atoms with van der Waals surface area (Å²) in [5.41, 5.74) is 0.908. The van der Waals surface area contributed by atoms with Gasteiger partial charge < -0.3 is 4.74 Å². The fraction of sp³-hybridized carbons (Fsp3) is 0.500. The van der Waals surface area contributed by atoms with Crippen molar-refractivity contribution in [1.82, 2.24) is 9.03 Å². The van der Waals surface area contributed by atoms with E-state index in [0.717, 1.165) is 17.4 Å². The van der Waals surface area contributed by atoms with Gasteiger partial charge in [-0.05, 0) is 43.4 Å². The first-order valence-electron chi connectivity index (χ1n) is 7.96. The average Bonchev–Trinajstić information content (AvgIpc) is 2.60. The Labute approximate surface area is 149 Å². The highest BCUT2D eigenvalue weighted by Crippen LogP contribution is 2.30. The third kappa shape index (κ3) is 4.81. The number of rotatable bonds is 7. The minimum absolute atomic E-state index is 0.0882. The highest BCUT2D eigenvalue weighted by Gasteiger charge is 2.32. The predicted molar refractivity (Wildman–Crippen MR) is 96.3 cm³/mol. The molecule has 0 aliphatic carbocycles. The Morgan fingerprint density at radius 1 is 1.36 bits per heavy atom. The number of piperidine rings is 1. The summed E-state index contributed by atoms with van der Waals surface area (Å²) in [5, 5.41) is 0.849. The molecule has 9 heteroatoms. The topological polar surface area (TPSA) is 92.8 Å². The second-order valence-electron chi connectivity index (χ2n) is 6.09. The van der Waals surface area contributed by atoms with Crippen molar-refractivity contribution in [2.24, 2.45) is 5.92 Å². The van der Waals surface area contributed by atoms with Crippen LogP contribution >= 0.6 is 0 Å². The van der Waals surface area contributed by atoms with Crippen LogP contribution in [0.15, 0.2) is 35.1 Å². The SMILES string of the molecule is C=CS(=O)(=O)NCC1CCCN(S(=O)(=O)c2ccc(C)cc2OC)C1. The quantitative estimate of drug-likeness (QED) is 0.763. The number of aryl methyl sites for hydroxylation is 1. The fourth-order valence-electron chi connectivity index (χ4n) is 2.83. The molecule has 1 unspecified atom stereocenters. The van der Waals surface area contributed by atoms with Gasteiger partial charge in [0.05, 0.1) is 7.11 Å². The molecule has 140 valence electrons. The molecular formula is C16H24N2O5S2. The van der Waals surface area contributed by atoms with Crippen molar-refractivity contribution in [3.63, 3.8) is 0 Å². The Morgan fingerprint density at radius 3 is 2.72 bits per heavy atom. The Bertz CT molecular complexity index is 834. The van der Waals surface area contributed by atoms with Gasteiger partial charge in [0, 0.05) is 25.0 Å². The number of benzene rings is 1. The van der Waals surface area contributed by atoms with Crippen molar-refractivity contribution in [2.45, 2.75) is 24.7 Å². The first-order chi connectivity index (χ1) is 11.7. The summed E-state index contributed by atoms with van der Waals surface area (Å²) >= 11 is 0. The van der Waals surface area contributed by atoms with Gasteiger partial charge in [-0.25, -0.2) is 21.6 Å². The summed E-state index contributed by atoms with van der Waals surface area (Å²) in [6.45, 7) is 5.96. The lowest BCUT2D eigenvalue weighted by Gasteiger charge is -2.32. The number of hydrogen-bond acceptors (Lipinski definition) is 5. The molecule has 7 nitrogen and oxygen atoms in total. The van der Waals surface area contributed by atoms with E-state index in [0.29, 0.717) is 18.7 Å². The zero-order valence-corrected chi connectivity index (χ0v) is 16.1. The van der Waals surface area contributed by atoms with Gasteiger partial charge in [0.2, 0.25) is 20.0 Å². The van der Waals surface area contributed by atoms with Crippen LogP contribution in [-0.4, -0.2) is 47.9 Å². The van der Waals surface area contributed by atoms with Crippen LogP contribution in [0.4, 0.5) is 0 Å². The number of ether oxygens (including phenoxy) is 1. The van der Waals surface area contributed by atoms with E-state index in [1.807, 2.05) is 6.92 Å². The van der Waals surface area contributed by atoms with Crippen LogP contribution in [0.25, 0.3) is 0 Å². The molecule has 1 N–H and O–H groups in total. The van der Waals surface area contributed by atoms with Crippen molar-refractivity contribution in [3.05, 3.63) is 35.7 Å². The monoisotopic (exact) mass is 388 g/mol. The molecule has 1 fully saturated rings. The van der Waals surface area contributed by atoms with Gasteiger partial charge in [-0.15, -0.1) is 0 Å². The Hall–Kier alpha value is -1.42. The second kappa shape index (κ2) is 7.86. The van der Waals surface area contributed by atoms with Crippen molar-refractivity contribution >= 4 is 20.0 Å². The van der Waals surface area contributed by atoms with E-state index in [2.05, 4.69) is 11.3 Å². The van der Waals surface area contributed by atoms with Crippen LogP contribution in [0.3, 0.4) is 0 Å². The summed E-state index contributed by atoms with van der Waals surface area (Å²) in [6.07, 6.45) is 1.44. The Kier molecular flexibility index (Phi) is 6.26. The average molecular weight is 389 g/mol. The molecule has 1 aliphatic heterocycles. The van der Waals surface area contributed by atoms with E-state index in [4.69, 9.17) is 4.74 Å². The van der Waals surface area contributed by atoms with Gasteiger partial charge in [-0.2, -0.15) is 4.31 Å². The molecule has 0 saturated carbocycles. The van der Waals surface area contributed by atoms with Gasteiger partial charge in [0.1, 0.15) is 10.6 Å². The number of hydrogen-bond donors (Lipinski definition) is 1. The number of methoxy groups -OCH3 is 1. The molecule has 1 aromatic carbocycles. The molecule has 0 radical (unpaired) electrons. The standard InChI is InChI=1S/C16H24N2O5S2/c1-4-24(19,20)17-11-14-6-5-9-18(12-14)25(21,22)16-8-7-13(2)10-15(16)23-3/h4,7-8,10,14,17H,1,5-6,9,11-12H2,2-3H3. The minimum Gasteiger partial charge on any atom is -0.495 e. The third-order valence-corrected chi connectivity index (χ3v) is 7.12. The van der Waals surface area contributed by atoms with Gasteiger partial charge >= 0.3 is 0 Å². The second-order valence-corrected chi connectivity index (χ2v) is 9.70. The van der Waals surface area contributed by atoms with Crippen LogP contribution < -0.4 is 9.46 Å². The van der Waals surface area contributed by atoms with Crippen molar-refractivity contribution in [1.29, 1.82) is 0 Å². The van der Waals surface area contributed by atoms with Gasteiger partial charge in [0.15, 0.2) is 0 Å². The molecule has 1 heterocycles. The zero-order valence-electron chi connectivity index (χ0n) is 14.4. The maximum absolute atomic E-state index is 13.0. The van der Waals surface area contributed by atoms with Crippen molar-refractivity contribution in [2.75, 3.05) is 26.7 Å². The summed E-state index contributed by atoms with van der Waals surface area (Å²) in [6, 6.07) is 4.97. The first-order valence-corrected chi connectivity index (χ1v) is 10.9. The van der Waals surface area contributed by atoms with E-state index in [1.54, 1.807) is 18.2 Å². The van der Waals surface area contributed by atoms with Crippen LogP contribution in [-0.2, 0) is 20.0 Å². The van der Waals surface area contributed by atoms with Gasteiger partial charge in [-0.1, -0.05) is 12.6 Å². The Balaban J connectivity index is 2.18. The van der Waals surface area contributed by atoms with Crippen LogP contribution in [0, 0.1) is 12.8 Å². The summed E-state index contributed by atoms with van der Waals surface area (Å²) < 4.78 is 58.0. The van der Waals surface area contributed by atoms with Crippen molar-refractivity contribution < 1.29 is 21.6 Å². The maximum Gasteiger partial charge on any atom is 0.246 e. The highest BCUT2D eigenvalue weighted by atomic mass is 32.2. The molecule has 0 aromatic heterocycles. The van der Waals surface area contributed by atoms with Crippen LogP contribution in [0.1, 0.15) is 18.4 Å². The lowest BCUT2D eigenvalue weighted by molar-refractivity contribution is 0.266. The van der Waals surface area contributed by atoms with E-state index in [1.165, 1.54) is 11.4 Å². The maximum atomic E-state index is 13.0. The summed E-state index contributed by atoms with van der Waals surface area (Å²) in [5.74, 6) is 0.226. The normalized spacial score (nSPS) is 19.5. The summed E-state index contributed by atoms with van der Waals surface area (Å²) in [7, 11) is -5.78. The van der Waals surface area contributed by atoms with E-state index in [9.17, 15) is 16.8 Å². The van der Waals surface area contributed by atoms with E-state index < -0.39 is 20.0 Å². The minimum atomic E-state index is -3.70. The molecule has 1 aliphatic rings. The lowest BCUT2D eigenvalue weighted by Crippen LogP contribution is -2.43. The molecule has 1 aromatic rings. The molecule has 1 saturated heterocycles.